The van der Waals surface area contributed by atoms with Gasteiger partial charge in [0, 0.05) is 12.7 Å². The number of pyridine rings is 1. The van der Waals surface area contributed by atoms with Crippen LogP contribution in [0.1, 0.15) is 12.5 Å². The van der Waals surface area contributed by atoms with Crippen LogP contribution in [0.5, 0.6) is 0 Å². The first kappa shape index (κ1) is 7.96. The SMILES string of the molecule is CCn1cccc(C#N)c1=S. The van der Waals surface area contributed by atoms with Crippen LogP contribution in [0.3, 0.4) is 0 Å². The van der Waals surface area contributed by atoms with Gasteiger partial charge in [-0.3, -0.25) is 0 Å². The Bertz CT molecular complexity index is 346. The summed E-state index contributed by atoms with van der Waals surface area (Å²) in [5.41, 5.74) is 0.573. The Labute approximate surface area is 70.7 Å². The summed E-state index contributed by atoms with van der Waals surface area (Å²) >= 11 is 5.03. The van der Waals surface area contributed by atoms with Crippen LogP contribution in [-0.2, 0) is 6.54 Å². The van der Waals surface area contributed by atoms with Crippen molar-refractivity contribution in [3.8, 4) is 6.07 Å². The summed E-state index contributed by atoms with van der Waals surface area (Å²) in [6.07, 6.45) is 1.88. The summed E-state index contributed by atoms with van der Waals surface area (Å²) in [5, 5.41) is 8.61. The van der Waals surface area contributed by atoms with Crippen molar-refractivity contribution in [1.29, 1.82) is 5.26 Å². The van der Waals surface area contributed by atoms with Crippen LogP contribution in [0.4, 0.5) is 0 Å². The average molecular weight is 164 g/mol. The molecule has 56 valence electrons. The molecule has 0 aliphatic carbocycles. The van der Waals surface area contributed by atoms with Gasteiger partial charge >= 0.3 is 0 Å². The van der Waals surface area contributed by atoms with Gasteiger partial charge in [-0.1, -0.05) is 12.2 Å². The minimum atomic E-state index is 0.573. The first-order valence-corrected chi connectivity index (χ1v) is 3.80. The molecule has 1 heterocycles. The lowest BCUT2D eigenvalue weighted by atomic mass is 10.3. The first-order chi connectivity index (χ1) is 5.29. The highest BCUT2D eigenvalue weighted by Crippen LogP contribution is 2.00. The summed E-state index contributed by atoms with van der Waals surface area (Å²) in [4.78, 5) is 0. The molecule has 0 aliphatic rings. The average Bonchev–Trinajstić information content (AvgIpc) is 2.05. The summed E-state index contributed by atoms with van der Waals surface area (Å²) in [6, 6.07) is 5.61. The highest BCUT2D eigenvalue weighted by Gasteiger charge is 1.94. The number of nitriles is 1. The molecule has 0 fully saturated rings. The van der Waals surface area contributed by atoms with Gasteiger partial charge in [0.25, 0.3) is 0 Å². The van der Waals surface area contributed by atoms with Gasteiger partial charge < -0.3 is 4.57 Å². The number of hydrogen-bond donors (Lipinski definition) is 0. The zero-order chi connectivity index (χ0) is 8.27. The van der Waals surface area contributed by atoms with Crippen LogP contribution in [0, 0.1) is 16.0 Å². The van der Waals surface area contributed by atoms with E-state index >= 15 is 0 Å². The molecule has 1 aromatic heterocycles. The van der Waals surface area contributed by atoms with E-state index in [0.717, 1.165) is 6.54 Å². The molecule has 0 aliphatic heterocycles. The molecule has 0 bridgehead atoms. The number of hydrogen-bond acceptors (Lipinski definition) is 2. The van der Waals surface area contributed by atoms with Crippen molar-refractivity contribution in [3.05, 3.63) is 28.5 Å². The molecule has 0 saturated heterocycles. The summed E-state index contributed by atoms with van der Waals surface area (Å²) in [5.74, 6) is 0. The molecular weight excluding hydrogens is 156 g/mol. The van der Waals surface area contributed by atoms with E-state index in [2.05, 4.69) is 0 Å². The third-order valence-corrected chi connectivity index (χ3v) is 1.94. The third-order valence-electron chi connectivity index (χ3n) is 1.48. The molecule has 0 aromatic carbocycles. The maximum atomic E-state index is 8.61. The normalized spacial score (nSPS) is 9.09. The molecule has 0 unspecified atom stereocenters. The van der Waals surface area contributed by atoms with E-state index in [9.17, 15) is 0 Å². The van der Waals surface area contributed by atoms with Crippen LogP contribution in [0.25, 0.3) is 0 Å². The summed E-state index contributed by atoms with van der Waals surface area (Å²) in [7, 11) is 0. The molecule has 0 spiro atoms. The van der Waals surface area contributed by atoms with Crippen LogP contribution in [-0.4, -0.2) is 4.57 Å². The van der Waals surface area contributed by atoms with Gasteiger partial charge in [0.2, 0.25) is 0 Å². The largest absolute Gasteiger partial charge is 0.338 e. The van der Waals surface area contributed by atoms with Crippen molar-refractivity contribution in [2.45, 2.75) is 13.5 Å². The molecule has 0 amide bonds. The molecular formula is C8H8N2S. The second kappa shape index (κ2) is 3.31. The third kappa shape index (κ3) is 1.47. The predicted octanol–water partition coefficient (Wildman–Crippen LogP) is 2.11. The Morgan fingerprint density at radius 1 is 1.73 bits per heavy atom. The zero-order valence-corrected chi connectivity index (χ0v) is 7.06. The zero-order valence-electron chi connectivity index (χ0n) is 6.24. The molecule has 3 heteroatoms. The van der Waals surface area contributed by atoms with Gasteiger partial charge in [-0.25, -0.2) is 0 Å². The van der Waals surface area contributed by atoms with Crippen LogP contribution >= 0.6 is 12.2 Å². The summed E-state index contributed by atoms with van der Waals surface area (Å²) in [6.45, 7) is 2.81. The Hall–Kier alpha value is -1.14. The molecule has 0 atom stereocenters. The van der Waals surface area contributed by atoms with Crippen molar-refractivity contribution in [1.82, 2.24) is 4.57 Å². The molecule has 1 aromatic rings. The second-order valence-corrected chi connectivity index (χ2v) is 2.51. The molecule has 0 N–H and O–H groups in total. The van der Waals surface area contributed by atoms with Crippen LogP contribution in [0.15, 0.2) is 18.3 Å². The minimum absolute atomic E-state index is 0.573. The maximum absolute atomic E-state index is 8.61. The Kier molecular flexibility index (Phi) is 2.40. The van der Waals surface area contributed by atoms with Crippen LogP contribution < -0.4 is 0 Å². The van der Waals surface area contributed by atoms with Crippen molar-refractivity contribution in [2.24, 2.45) is 0 Å². The fourth-order valence-corrected chi connectivity index (χ4v) is 1.17. The Balaban J connectivity index is 3.36. The molecule has 0 saturated carbocycles. The molecule has 1 rings (SSSR count). The van der Waals surface area contributed by atoms with Gasteiger partial charge in [-0.15, -0.1) is 0 Å². The van der Waals surface area contributed by atoms with Crippen molar-refractivity contribution < 1.29 is 0 Å². The van der Waals surface area contributed by atoms with Gasteiger partial charge in [-0.2, -0.15) is 5.26 Å². The lowest BCUT2D eigenvalue weighted by Gasteiger charge is -2.01. The Morgan fingerprint density at radius 2 is 2.45 bits per heavy atom. The van der Waals surface area contributed by atoms with Crippen molar-refractivity contribution in [3.63, 3.8) is 0 Å². The lowest BCUT2D eigenvalue weighted by molar-refractivity contribution is 0.743. The first-order valence-electron chi connectivity index (χ1n) is 3.39. The lowest BCUT2D eigenvalue weighted by Crippen LogP contribution is -1.97. The number of aryl methyl sites for hydroxylation is 1. The van der Waals surface area contributed by atoms with Gasteiger partial charge in [0.15, 0.2) is 0 Å². The van der Waals surface area contributed by atoms with Crippen molar-refractivity contribution >= 4 is 12.2 Å². The number of rotatable bonds is 1. The predicted molar refractivity (Wildman–Crippen MR) is 45.7 cm³/mol. The van der Waals surface area contributed by atoms with Crippen LogP contribution in [0.2, 0.25) is 0 Å². The minimum Gasteiger partial charge on any atom is -0.338 e. The van der Waals surface area contributed by atoms with E-state index < -0.39 is 0 Å². The molecule has 0 radical (unpaired) electrons. The fourth-order valence-electron chi connectivity index (χ4n) is 0.871. The van der Waals surface area contributed by atoms with E-state index in [0.29, 0.717) is 10.2 Å². The summed E-state index contributed by atoms with van der Waals surface area (Å²) < 4.78 is 2.49. The van der Waals surface area contributed by atoms with Crippen molar-refractivity contribution in [2.75, 3.05) is 0 Å². The monoisotopic (exact) mass is 164 g/mol. The van der Waals surface area contributed by atoms with E-state index in [4.69, 9.17) is 17.5 Å². The second-order valence-electron chi connectivity index (χ2n) is 2.12. The topological polar surface area (TPSA) is 28.7 Å². The van der Waals surface area contributed by atoms with Gasteiger partial charge in [0.05, 0.1) is 5.56 Å². The quantitative estimate of drug-likeness (QED) is 0.595. The number of nitrogens with zero attached hydrogens (tertiary/aromatic N) is 2. The van der Waals surface area contributed by atoms with Gasteiger partial charge in [0.1, 0.15) is 10.7 Å². The van der Waals surface area contributed by atoms with Gasteiger partial charge in [-0.05, 0) is 19.1 Å². The van der Waals surface area contributed by atoms with E-state index in [1.165, 1.54) is 0 Å². The smallest absolute Gasteiger partial charge is 0.123 e. The van der Waals surface area contributed by atoms with E-state index in [1.54, 1.807) is 6.07 Å². The number of aromatic nitrogens is 1. The Morgan fingerprint density at radius 3 is 3.00 bits per heavy atom. The molecule has 11 heavy (non-hydrogen) atoms. The van der Waals surface area contributed by atoms with E-state index in [-0.39, 0.29) is 0 Å². The standard InChI is InChI=1S/C8H8N2S/c1-2-10-5-3-4-7(6-9)8(10)11/h3-5H,2H2,1H3. The molecule has 2 nitrogen and oxygen atoms in total. The highest BCUT2D eigenvalue weighted by molar-refractivity contribution is 7.71. The highest BCUT2D eigenvalue weighted by atomic mass is 32.1. The fraction of sp³-hybridized carbons (Fsp3) is 0.250. The van der Waals surface area contributed by atoms with E-state index in [1.807, 2.05) is 29.8 Å². The maximum Gasteiger partial charge on any atom is 0.123 e.